The molecule has 44 valence electrons. The van der Waals surface area contributed by atoms with Crippen LogP contribution in [0, 0.1) is 0 Å². The minimum absolute atomic E-state index is 0.241. The lowest BCUT2D eigenvalue weighted by Gasteiger charge is -2.03. The molecule has 0 aliphatic rings. The molecule has 7 heavy (non-hydrogen) atoms. The second kappa shape index (κ2) is 2.76. The maximum atomic E-state index is 10.1. The van der Waals surface area contributed by atoms with E-state index in [1.165, 1.54) is 0 Å². The minimum atomic E-state index is -3.53. The van der Waals surface area contributed by atoms with E-state index in [9.17, 15) is 4.57 Å². The molecule has 0 fully saturated rings. The Bertz CT molecular complexity index is 81.7. The predicted octanol–water partition coefficient (Wildman–Crippen LogP) is -2.32. The number of hydrogen-bond donors (Lipinski definition) is 1. The van der Waals surface area contributed by atoms with Crippen molar-refractivity contribution in [2.75, 3.05) is 0 Å². The van der Waals surface area contributed by atoms with E-state index in [0.29, 0.717) is 0 Å². The van der Waals surface area contributed by atoms with Crippen LogP contribution in [0.3, 0.4) is 0 Å². The summed E-state index contributed by atoms with van der Waals surface area (Å²) in [6, 6.07) is 0. The molecule has 0 rings (SSSR count). The average Bonchev–Trinajstić information content (AvgIpc) is 1.68. The Morgan fingerprint density at radius 3 is 1.71 bits per heavy atom. The molecule has 0 spiro atoms. The van der Waals surface area contributed by atoms with Gasteiger partial charge in [0.15, 0.2) is 21.0 Å². The summed E-state index contributed by atoms with van der Waals surface area (Å²) in [7, 11) is -3.05. The highest BCUT2D eigenvalue weighted by molar-refractivity contribution is 7.49. The van der Waals surface area contributed by atoms with Crippen molar-refractivity contribution in [3.63, 3.8) is 0 Å². The van der Waals surface area contributed by atoms with Crippen LogP contribution in [-0.4, -0.2) is 25.9 Å². The first kappa shape index (κ1) is 7.54. The van der Waals surface area contributed by atoms with Crippen LogP contribution in [-0.2, 0) is 13.0 Å². The minimum Gasteiger partial charge on any atom is -0.342 e. The molecule has 0 aromatic rings. The normalized spacial score (nSPS) is 19.6. The van der Waals surface area contributed by atoms with Crippen molar-refractivity contribution in [3.8, 4) is 0 Å². The zero-order valence-corrected chi connectivity index (χ0v) is 9.01. The molecular formula is H7O4PSi2. The van der Waals surface area contributed by atoms with Crippen molar-refractivity contribution in [3.05, 3.63) is 0 Å². The standard InChI is InChI=1S/H7O4PSi2/c1-5(2,3-6)4-7/h6-7H3,(H,1,2). The van der Waals surface area contributed by atoms with Crippen LogP contribution in [0.5, 0.6) is 0 Å². The summed E-state index contributed by atoms with van der Waals surface area (Å²) in [6.45, 7) is 0. The van der Waals surface area contributed by atoms with E-state index in [4.69, 9.17) is 4.89 Å². The van der Waals surface area contributed by atoms with Gasteiger partial charge in [-0.15, -0.1) is 0 Å². The van der Waals surface area contributed by atoms with Crippen molar-refractivity contribution in [2.45, 2.75) is 0 Å². The quantitative estimate of drug-likeness (QED) is 0.362. The van der Waals surface area contributed by atoms with E-state index in [-0.39, 0.29) is 21.0 Å². The lowest BCUT2D eigenvalue weighted by Crippen LogP contribution is -1.86. The third kappa shape index (κ3) is 3.16. The van der Waals surface area contributed by atoms with E-state index in [1.807, 2.05) is 0 Å². The predicted molar refractivity (Wildman–Crippen MR) is 31.9 cm³/mol. The van der Waals surface area contributed by atoms with Crippen LogP contribution < -0.4 is 0 Å². The Morgan fingerprint density at radius 1 is 1.43 bits per heavy atom. The molecule has 0 atom stereocenters. The van der Waals surface area contributed by atoms with Gasteiger partial charge < -0.3 is 13.3 Å². The van der Waals surface area contributed by atoms with Crippen LogP contribution in [0.1, 0.15) is 0 Å². The maximum Gasteiger partial charge on any atom is 0.450 e. The third-order valence-corrected chi connectivity index (χ3v) is 4.15. The molecule has 0 saturated heterocycles. The van der Waals surface area contributed by atoms with Crippen molar-refractivity contribution < 1.29 is 17.9 Å². The first-order valence-corrected chi connectivity index (χ1v) is 4.69. The van der Waals surface area contributed by atoms with Crippen molar-refractivity contribution in [1.29, 1.82) is 0 Å². The average molecular weight is 158 g/mol. The largest absolute Gasteiger partial charge is 0.450 e. The zero-order valence-electron chi connectivity index (χ0n) is 4.12. The Balaban J connectivity index is 3.61. The third-order valence-electron chi connectivity index (χ3n) is 0.461. The van der Waals surface area contributed by atoms with Gasteiger partial charge in [-0.2, -0.15) is 0 Å². The highest BCUT2D eigenvalue weighted by atomic mass is 31.2. The summed E-state index contributed by atoms with van der Waals surface area (Å²) >= 11 is 0. The number of phosphoric acid groups is 1. The van der Waals surface area contributed by atoms with Gasteiger partial charge in [0.25, 0.3) is 0 Å². The Kier molecular flexibility index (Phi) is 2.97. The molecule has 7 heteroatoms. The van der Waals surface area contributed by atoms with E-state index in [1.54, 1.807) is 0 Å². The van der Waals surface area contributed by atoms with Gasteiger partial charge in [-0.3, -0.25) is 0 Å². The topological polar surface area (TPSA) is 55.8 Å². The van der Waals surface area contributed by atoms with Crippen LogP contribution >= 0.6 is 7.82 Å². The van der Waals surface area contributed by atoms with Crippen molar-refractivity contribution in [1.82, 2.24) is 0 Å². The highest BCUT2D eigenvalue weighted by Crippen LogP contribution is 2.39. The molecular weight excluding hydrogens is 151 g/mol. The highest BCUT2D eigenvalue weighted by Gasteiger charge is 2.11. The van der Waals surface area contributed by atoms with Crippen LogP contribution in [0.2, 0.25) is 0 Å². The van der Waals surface area contributed by atoms with E-state index in [2.05, 4.69) is 8.43 Å². The van der Waals surface area contributed by atoms with Crippen LogP contribution in [0.4, 0.5) is 0 Å². The fourth-order valence-corrected chi connectivity index (χ4v) is 2.01. The first-order chi connectivity index (χ1) is 3.12. The molecule has 0 aliphatic carbocycles. The van der Waals surface area contributed by atoms with E-state index < -0.39 is 7.82 Å². The van der Waals surface area contributed by atoms with Crippen molar-refractivity contribution in [2.24, 2.45) is 0 Å². The second-order valence-corrected chi connectivity index (χ2v) is 4.69. The maximum absolute atomic E-state index is 10.1. The Morgan fingerprint density at radius 2 is 1.71 bits per heavy atom. The molecule has 0 radical (unpaired) electrons. The fourth-order valence-electron chi connectivity index (χ4n) is 0.0745. The summed E-state index contributed by atoms with van der Waals surface area (Å²) in [6.07, 6.45) is 0. The van der Waals surface area contributed by atoms with Gasteiger partial charge in [-0.25, -0.2) is 4.57 Å². The summed E-state index contributed by atoms with van der Waals surface area (Å²) in [5.41, 5.74) is 0. The zero-order chi connectivity index (χ0) is 5.91. The summed E-state index contributed by atoms with van der Waals surface area (Å²) in [5.74, 6) is 0. The van der Waals surface area contributed by atoms with Gasteiger partial charge in [0, 0.05) is 0 Å². The van der Waals surface area contributed by atoms with Crippen LogP contribution in [0.15, 0.2) is 0 Å². The molecule has 0 saturated carbocycles. The Hall–Kier alpha value is 0.544. The van der Waals surface area contributed by atoms with E-state index in [0.717, 1.165) is 0 Å². The molecule has 0 aliphatic heterocycles. The molecule has 0 bridgehead atoms. The summed E-state index contributed by atoms with van der Waals surface area (Å²) in [5, 5.41) is 0. The summed E-state index contributed by atoms with van der Waals surface area (Å²) in [4.78, 5) is 8.31. The van der Waals surface area contributed by atoms with Gasteiger partial charge in [0.05, 0.1) is 0 Å². The van der Waals surface area contributed by atoms with E-state index >= 15 is 0 Å². The monoisotopic (exact) mass is 158 g/mol. The lowest BCUT2D eigenvalue weighted by molar-refractivity contribution is 0.309. The van der Waals surface area contributed by atoms with Gasteiger partial charge >= 0.3 is 7.82 Å². The van der Waals surface area contributed by atoms with Gasteiger partial charge in [-0.1, -0.05) is 0 Å². The summed E-state index contributed by atoms with van der Waals surface area (Å²) < 4.78 is 18.4. The second-order valence-electron chi connectivity index (χ2n) is 0.834. The number of hydrogen-bond acceptors (Lipinski definition) is 3. The van der Waals surface area contributed by atoms with Gasteiger partial charge in [0.1, 0.15) is 0 Å². The molecule has 0 heterocycles. The molecule has 0 aromatic heterocycles. The first-order valence-electron chi connectivity index (χ1n) is 1.56. The molecule has 1 N–H and O–H groups in total. The smallest absolute Gasteiger partial charge is 0.342 e. The van der Waals surface area contributed by atoms with Crippen molar-refractivity contribution >= 4 is 28.8 Å². The Labute approximate surface area is 47.5 Å². The lowest BCUT2D eigenvalue weighted by atomic mass is 15.7. The number of rotatable bonds is 2. The van der Waals surface area contributed by atoms with Gasteiger partial charge in [-0.05, 0) is 0 Å². The van der Waals surface area contributed by atoms with Crippen LogP contribution in [0.25, 0.3) is 0 Å². The SMILES string of the molecule is O=P(O)(O[SiH3])O[SiH3]. The molecule has 0 aromatic carbocycles. The molecule has 0 unspecified atom stereocenters. The van der Waals surface area contributed by atoms with Gasteiger partial charge in [0.2, 0.25) is 0 Å². The molecule has 0 amide bonds. The molecule has 4 nitrogen and oxygen atoms in total. The fraction of sp³-hybridized carbons (Fsp3) is 0.